The molecule has 1 rings (SSSR count). The minimum absolute atomic E-state index is 0.111. The van der Waals surface area contributed by atoms with E-state index in [4.69, 9.17) is 0 Å². The Morgan fingerprint density at radius 1 is 1.70 bits per heavy atom. The van der Waals surface area contributed by atoms with Crippen LogP contribution >= 0.6 is 0 Å². The monoisotopic (exact) mass is 140 g/mol. The molecule has 0 aromatic carbocycles. The lowest BCUT2D eigenvalue weighted by molar-refractivity contribution is -0.126. The number of rotatable bonds is 1. The molecule has 0 unspecified atom stereocenters. The minimum atomic E-state index is 0.111. The first kappa shape index (κ1) is 7.12. The van der Waals surface area contributed by atoms with Crippen LogP contribution in [0, 0.1) is 0 Å². The molecule has 0 spiro atoms. The second-order valence-electron chi connectivity index (χ2n) is 2.66. The van der Waals surface area contributed by atoms with Crippen molar-refractivity contribution < 1.29 is 4.79 Å². The summed E-state index contributed by atoms with van der Waals surface area (Å²) in [6, 6.07) is 0.218. The Balaban J connectivity index is 2.72. The number of nitrogens with one attached hydrogen (secondary N) is 1. The topological polar surface area (TPSA) is 32.3 Å². The van der Waals surface area contributed by atoms with Crippen LogP contribution in [-0.4, -0.2) is 23.4 Å². The molecule has 3 heteroatoms. The van der Waals surface area contributed by atoms with Crippen molar-refractivity contribution in [2.75, 3.05) is 6.54 Å². The molecule has 0 aromatic heterocycles. The molecular weight excluding hydrogens is 128 g/mol. The number of hydrogen-bond acceptors (Lipinski definition) is 2. The van der Waals surface area contributed by atoms with Gasteiger partial charge in [-0.2, -0.15) is 0 Å². The molecule has 3 nitrogen and oxygen atoms in total. The molecule has 0 saturated carbocycles. The van der Waals surface area contributed by atoms with Gasteiger partial charge < -0.3 is 5.32 Å². The van der Waals surface area contributed by atoms with Crippen LogP contribution in [0.1, 0.15) is 13.8 Å². The number of hydrogen-bond donors (Lipinski definition) is 1. The summed E-state index contributed by atoms with van der Waals surface area (Å²) in [6.07, 6.45) is 0. The standard InChI is InChI=1S/C7H12N2O/c1-5(2)9-6(3)8-4-7(9)10/h5,8H,3-4H2,1-2H3. The van der Waals surface area contributed by atoms with Gasteiger partial charge in [-0.1, -0.05) is 6.58 Å². The Kier molecular flexibility index (Phi) is 1.66. The summed E-state index contributed by atoms with van der Waals surface area (Å²) in [4.78, 5) is 12.7. The molecule has 1 aliphatic rings. The van der Waals surface area contributed by atoms with Crippen LogP contribution in [0.4, 0.5) is 0 Å². The first-order valence-electron chi connectivity index (χ1n) is 3.37. The first-order chi connectivity index (χ1) is 4.63. The van der Waals surface area contributed by atoms with E-state index in [0.29, 0.717) is 6.54 Å². The lowest BCUT2D eigenvalue weighted by Gasteiger charge is -2.19. The van der Waals surface area contributed by atoms with Gasteiger partial charge >= 0.3 is 0 Å². The number of carbonyl (C=O) groups excluding carboxylic acids is 1. The predicted molar refractivity (Wildman–Crippen MR) is 39.1 cm³/mol. The summed E-state index contributed by atoms with van der Waals surface area (Å²) in [5, 5.41) is 2.88. The molecular formula is C7H12N2O. The van der Waals surface area contributed by atoms with E-state index in [-0.39, 0.29) is 11.9 Å². The van der Waals surface area contributed by atoms with E-state index in [1.54, 1.807) is 4.90 Å². The zero-order valence-corrected chi connectivity index (χ0v) is 6.35. The van der Waals surface area contributed by atoms with Crippen LogP contribution in [0.25, 0.3) is 0 Å². The third-order valence-corrected chi connectivity index (χ3v) is 1.52. The van der Waals surface area contributed by atoms with Crippen molar-refractivity contribution in [1.82, 2.24) is 10.2 Å². The fourth-order valence-electron chi connectivity index (χ4n) is 1.10. The van der Waals surface area contributed by atoms with Gasteiger partial charge in [0, 0.05) is 6.04 Å². The quantitative estimate of drug-likeness (QED) is 0.568. The highest BCUT2D eigenvalue weighted by Gasteiger charge is 2.25. The molecule has 0 bridgehead atoms. The fraction of sp³-hybridized carbons (Fsp3) is 0.571. The zero-order valence-electron chi connectivity index (χ0n) is 6.35. The molecule has 0 radical (unpaired) electrons. The van der Waals surface area contributed by atoms with Crippen LogP contribution < -0.4 is 5.32 Å². The van der Waals surface area contributed by atoms with Gasteiger partial charge in [0.1, 0.15) is 5.82 Å². The summed E-state index contributed by atoms with van der Waals surface area (Å²) in [5.41, 5.74) is 0. The van der Waals surface area contributed by atoms with Crippen LogP contribution in [0.2, 0.25) is 0 Å². The van der Waals surface area contributed by atoms with Gasteiger partial charge in [-0.25, -0.2) is 0 Å². The lowest BCUT2D eigenvalue weighted by Crippen LogP contribution is -2.31. The van der Waals surface area contributed by atoms with Gasteiger partial charge in [0.05, 0.1) is 6.54 Å². The highest BCUT2D eigenvalue weighted by atomic mass is 16.2. The second-order valence-corrected chi connectivity index (χ2v) is 2.66. The van der Waals surface area contributed by atoms with Crippen LogP contribution in [0.5, 0.6) is 0 Å². The van der Waals surface area contributed by atoms with Gasteiger partial charge in [-0.15, -0.1) is 0 Å². The molecule has 1 heterocycles. The molecule has 10 heavy (non-hydrogen) atoms. The average molecular weight is 140 g/mol. The smallest absolute Gasteiger partial charge is 0.247 e. The van der Waals surface area contributed by atoms with Crippen molar-refractivity contribution >= 4 is 5.91 Å². The van der Waals surface area contributed by atoms with Crippen molar-refractivity contribution in [3.05, 3.63) is 12.4 Å². The Bertz CT molecular complexity index is 158. The lowest BCUT2D eigenvalue weighted by atomic mass is 10.3. The van der Waals surface area contributed by atoms with Gasteiger partial charge in [-0.05, 0) is 13.8 Å². The maximum Gasteiger partial charge on any atom is 0.247 e. The number of amides is 1. The molecule has 1 N–H and O–H groups in total. The summed E-state index contributed by atoms with van der Waals surface area (Å²) in [7, 11) is 0. The van der Waals surface area contributed by atoms with Gasteiger partial charge in [0.25, 0.3) is 0 Å². The summed E-state index contributed by atoms with van der Waals surface area (Å²) in [5.74, 6) is 0.833. The normalized spacial score (nSPS) is 18.5. The van der Waals surface area contributed by atoms with E-state index >= 15 is 0 Å². The van der Waals surface area contributed by atoms with E-state index in [2.05, 4.69) is 11.9 Å². The second kappa shape index (κ2) is 2.33. The molecule has 1 aliphatic heterocycles. The Hall–Kier alpha value is -0.990. The maximum atomic E-state index is 11.0. The third-order valence-electron chi connectivity index (χ3n) is 1.52. The maximum absolute atomic E-state index is 11.0. The molecule has 1 amide bonds. The average Bonchev–Trinajstić information content (AvgIpc) is 2.11. The molecule has 56 valence electrons. The van der Waals surface area contributed by atoms with Gasteiger partial charge in [-0.3, -0.25) is 9.69 Å². The predicted octanol–water partition coefficient (Wildman–Crippen LogP) is 0.298. The Morgan fingerprint density at radius 2 is 2.30 bits per heavy atom. The number of carbonyl (C=O) groups is 1. The summed E-state index contributed by atoms with van der Waals surface area (Å²) >= 11 is 0. The third kappa shape index (κ3) is 0.988. The first-order valence-corrected chi connectivity index (χ1v) is 3.37. The summed E-state index contributed by atoms with van der Waals surface area (Å²) in [6.45, 7) is 8.04. The Morgan fingerprint density at radius 3 is 2.50 bits per heavy atom. The molecule has 0 aliphatic carbocycles. The van der Waals surface area contributed by atoms with Crippen molar-refractivity contribution in [2.45, 2.75) is 19.9 Å². The van der Waals surface area contributed by atoms with Gasteiger partial charge in [0.15, 0.2) is 0 Å². The molecule has 0 atom stereocenters. The highest BCUT2D eigenvalue weighted by molar-refractivity contribution is 5.83. The largest absolute Gasteiger partial charge is 0.363 e. The molecule has 0 aromatic rings. The number of nitrogens with zero attached hydrogens (tertiary/aromatic N) is 1. The van der Waals surface area contributed by atoms with E-state index in [0.717, 1.165) is 5.82 Å². The zero-order chi connectivity index (χ0) is 7.72. The fourth-order valence-corrected chi connectivity index (χ4v) is 1.10. The van der Waals surface area contributed by atoms with E-state index in [1.807, 2.05) is 13.8 Å². The highest BCUT2D eigenvalue weighted by Crippen LogP contribution is 2.10. The van der Waals surface area contributed by atoms with Crippen LogP contribution in [0.15, 0.2) is 12.4 Å². The van der Waals surface area contributed by atoms with Crippen LogP contribution in [0.3, 0.4) is 0 Å². The van der Waals surface area contributed by atoms with E-state index in [1.165, 1.54) is 0 Å². The minimum Gasteiger partial charge on any atom is -0.363 e. The molecule has 1 fully saturated rings. The van der Waals surface area contributed by atoms with E-state index < -0.39 is 0 Å². The van der Waals surface area contributed by atoms with E-state index in [9.17, 15) is 4.79 Å². The molecule has 1 saturated heterocycles. The summed E-state index contributed by atoms with van der Waals surface area (Å²) < 4.78 is 0. The van der Waals surface area contributed by atoms with Crippen molar-refractivity contribution in [2.24, 2.45) is 0 Å². The van der Waals surface area contributed by atoms with Crippen molar-refractivity contribution in [1.29, 1.82) is 0 Å². The van der Waals surface area contributed by atoms with Crippen molar-refractivity contribution in [3.63, 3.8) is 0 Å². The SMILES string of the molecule is C=C1NCC(=O)N1C(C)C. The van der Waals surface area contributed by atoms with Crippen LogP contribution in [-0.2, 0) is 4.79 Å². The van der Waals surface area contributed by atoms with Crippen molar-refractivity contribution in [3.8, 4) is 0 Å². The van der Waals surface area contributed by atoms with Gasteiger partial charge in [0.2, 0.25) is 5.91 Å². The Labute approximate surface area is 60.7 Å².